The smallest absolute Gasteiger partial charge is 0.255 e. The average Bonchev–Trinajstić information content (AvgIpc) is 3.62. The van der Waals surface area contributed by atoms with Crippen LogP contribution in [0.4, 0.5) is 11.4 Å². The van der Waals surface area contributed by atoms with E-state index in [2.05, 4.69) is 15.5 Å². The van der Waals surface area contributed by atoms with E-state index in [1.807, 2.05) is 17.0 Å². The van der Waals surface area contributed by atoms with Gasteiger partial charge in [0.15, 0.2) is 5.78 Å². The third-order valence-electron chi connectivity index (χ3n) is 7.17. The molecular formula is C27H32N4O3. The number of fused-ring (bicyclic) bond motifs is 1. The summed E-state index contributed by atoms with van der Waals surface area (Å²) in [5.74, 6) is -0.280. The predicted octanol–water partition coefficient (Wildman–Crippen LogP) is 3.81. The van der Waals surface area contributed by atoms with Crippen LogP contribution in [0, 0.1) is 0 Å². The summed E-state index contributed by atoms with van der Waals surface area (Å²) < 4.78 is 0. The van der Waals surface area contributed by atoms with Crippen LogP contribution in [-0.4, -0.2) is 66.7 Å². The number of nitrogens with zero attached hydrogens (tertiary/aromatic N) is 2. The minimum Gasteiger partial charge on any atom is -0.384 e. The molecule has 2 aliphatic heterocycles. The van der Waals surface area contributed by atoms with Crippen LogP contribution in [0.25, 0.3) is 0 Å². The molecule has 7 nitrogen and oxygen atoms in total. The summed E-state index contributed by atoms with van der Waals surface area (Å²) in [6.07, 6.45) is 5.54. The van der Waals surface area contributed by atoms with Crippen LogP contribution >= 0.6 is 0 Å². The van der Waals surface area contributed by atoms with Gasteiger partial charge in [0.1, 0.15) is 0 Å². The van der Waals surface area contributed by atoms with Crippen LogP contribution < -0.4 is 10.6 Å². The fourth-order valence-electron chi connectivity index (χ4n) is 5.28. The largest absolute Gasteiger partial charge is 0.384 e. The molecule has 5 rings (SSSR count). The lowest BCUT2D eigenvalue weighted by Gasteiger charge is -2.19. The fourth-order valence-corrected chi connectivity index (χ4v) is 5.28. The molecule has 2 fully saturated rings. The summed E-state index contributed by atoms with van der Waals surface area (Å²) in [6.45, 7) is 5.80. The van der Waals surface area contributed by atoms with Crippen LogP contribution in [0.5, 0.6) is 0 Å². The molecule has 2 N–H and O–H groups in total. The highest BCUT2D eigenvalue weighted by Gasteiger charge is 2.31. The zero-order chi connectivity index (χ0) is 23.5. The van der Waals surface area contributed by atoms with Crippen molar-refractivity contribution >= 4 is 29.0 Å². The molecule has 0 spiro atoms. The summed E-state index contributed by atoms with van der Waals surface area (Å²) in [6, 6.07) is 10.9. The van der Waals surface area contributed by atoms with Gasteiger partial charge < -0.3 is 20.4 Å². The van der Waals surface area contributed by atoms with Gasteiger partial charge in [-0.15, -0.1) is 0 Å². The average molecular weight is 461 g/mol. The van der Waals surface area contributed by atoms with Crippen molar-refractivity contribution in [2.45, 2.75) is 38.5 Å². The van der Waals surface area contributed by atoms with E-state index in [1.165, 1.54) is 25.9 Å². The Kier molecular flexibility index (Phi) is 6.63. The zero-order valence-electron chi connectivity index (χ0n) is 19.6. The first-order valence-corrected chi connectivity index (χ1v) is 12.5. The van der Waals surface area contributed by atoms with Crippen molar-refractivity contribution in [1.82, 2.24) is 9.80 Å². The number of likely N-dealkylation sites (tertiary alicyclic amines) is 2. The highest BCUT2D eigenvalue weighted by molar-refractivity contribution is 6.13. The van der Waals surface area contributed by atoms with Gasteiger partial charge >= 0.3 is 0 Å². The van der Waals surface area contributed by atoms with Gasteiger partial charge in [0, 0.05) is 55.0 Å². The Morgan fingerprint density at radius 2 is 1.56 bits per heavy atom. The van der Waals surface area contributed by atoms with Gasteiger partial charge in [-0.3, -0.25) is 14.4 Å². The molecule has 0 bridgehead atoms. The lowest BCUT2D eigenvalue weighted by atomic mass is 10.00. The van der Waals surface area contributed by atoms with Crippen molar-refractivity contribution in [2.75, 3.05) is 49.9 Å². The third-order valence-corrected chi connectivity index (χ3v) is 7.17. The van der Waals surface area contributed by atoms with Gasteiger partial charge in [-0.05, 0) is 87.2 Å². The van der Waals surface area contributed by atoms with Gasteiger partial charge in [-0.2, -0.15) is 0 Å². The number of hydrogen-bond acceptors (Lipinski definition) is 5. The minimum atomic E-state index is -0.260. The summed E-state index contributed by atoms with van der Waals surface area (Å²) in [7, 11) is 0. The van der Waals surface area contributed by atoms with Crippen molar-refractivity contribution in [3.05, 3.63) is 58.7 Å². The van der Waals surface area contributed by atoms with Gasteiger partial charge in [-0.1, -0.05) is 0 Å². The molecule has 178 valence electrons. The molecule has 2 amide bonds. The van der Waals surface area contributed by atoms with Crippen molar-refractivity contribution < 1.29 is 14.4 Å². The predicted molar refractivity (Wildman–Crippen MR) is 133 cm³/mol. The molecule has 2 saturated heterocycles. The lowest BCUT2D eigenvalue weighted by Crippen LogP contribution is -2.28. The van der Waals surface area contributed by atoms with E-state index < -0.39 is 0 Å². The van der Waals surface area contributed by atoms with Gasteiger partial charge in [-0.25, -0.2) is 0 Å². The second kappa shape index (κ2) is 9.97. The summed E-state index contributed by atoms with van der Waals surface area (Å²) in [4.78, 5) is 42.9. The highest BCUT2D eigenvalue weighted by atomic mass is 16.2. The van der Waals surface area contributed by atoms with E-state index in [0.29, 0.717) is 35.2 Å². The minimum absolute atomic E-state index is 0.00542. The molecule has 0 saturated carbocycles. The number of amides is 2. The van der Waals surface area contributed by atoms with Crippen LogP contribution in [0.15, 0.2) is 36.4 Å². The first kappa shape index (κ1) is 22.6. The molecule has 2 aromatic carbocycles. The van der Waals surface area contributed by atoms with Crippen molar-refractivity contribution in [3.8, 4) is 0 Å². The molecule has 0 aromatic heterocycles. The zero-order valence-corrected chi connectivity index (χ0v) is 19.6. The van der Waals surface area contributed by atoms with Crippen LogP contribution in [-0.2, 0) is 6.42 Å². The molecule has 0 unspecified atom stereocenters. The number of hydrogen-bond donors (Lipinski definition) is 2. The number of anilines is 2. The molecule has 34 heavy (non-hydrogen) atoms. The lowest BCUT2D eigenvalue weighted by molar-refractivity contribution is 0.0791. The molecule has 2 heterocycles. The van der Waals surface area contributed by atoms with Crippen LogP contribution in [0.2, 0.25) is 0 Å². The summed E-state index contributed by atoms with van der Waals surface area (Å²) >= 11 is 0. The molecule has 0 radical (unpaired) electrons. The number of Topliss-reactive ketones (excluding diaryl/α,β-unsaturated/α-hetero) is 1. The second-order valence-electron chi connectivity index (χ2n) is 9.44. The molecule has 2 aromatic rings. The number of carbonyl (C=O) groups is 3. The van der Waals surface area contributed by atoms with Crippen molar-refractivity contribution in [2.24, 2.45) is 0 Å². The fraction of sp³-hybridized carbons (Fsp3) is 0.444. The topological polar surface area (TPSA) is 81.8 Å². The van der Waals surface area contributed by atoms with E-state index in [0.717, 1.165) is 50.3 Å². The first-order valence-electron chi connectivity index (χ1n) is 12.5. The normalized spacial score (nSPS) is 17.8. The monoisotopic (exact) mass is 460 g/mol. The SMILES string of the molecule is O=C(Nc1ccc(C(=O)N2CCCC2)c2c1C(=O)CC2)c1ccc(NCCN2CCCC2)cc1. The first-order chi connectivity index (χ1) is 16.6. The summed E-state index contributed by atoms with van der Waals surface area (Å²) in [5.41, 5.74) is 3.88. The Hall–Kier alpha value is -3.19. The number of ketones is 1. The highest BCUT2D eigenvalue weighted by Crippen LogP contribution is 2.33. The summed E-state index contributed by atoms with van der Waals surface area (Å²) in [5, 5.41) is 6.33. The molecule has 1 aliphatic carbocycles. The maximum Gasteiger partial charge on any atom is 0.255 e. The number of nitrogens with one attached hydrogen (secondary N) is 2. The number of benzene rings is 2. The van der Waals surface area contributed by atoms with E-state index in [-0.39, 0.29) is 17.6 Å². The van der Waals surface area contributed by atoms with Crippen LogP contribution in [0.3, 0.4) is 0 Å². The van der Waals surface area contributed by atoms with Gasteiger partial charge in [0.25, 0.3) is 11.8 Å². The molecule has 7 heteroatoms. The Morgan fingerprint density at radius 3 is 2.29 bits per heavy atom. The van der Waals surface area contributed by atoms with Crippen LogP contribution in [0.1, 0.15) is 68.7 Å². The van der Waals surface area contributed by atoms with Gasteiger partial charge in [0.05, 0.1) is 5.69 Å². The van der Waals surface area contributed by atoms with E-state index in [1.54, 1.807) is 24.3 Å². The quantitative estimate of drug-likeness (QED) is 0.657. The van der Waals surface area contributed by atoms with E-state index in [4.69, 9.17) is 0 Å². The Labute approximate surface area is 200 Å². The molecule has 3 aliphatic rings. The molecule has 0 atom stereocenters. The van der Waals surface area contributed by atoms with Crippen molar-refractivity contribution in [3.63, 3.8) is 0 Å². The Balaban J connectivity index is 1.25. The van der Waals surface area contributed by atoms with Crippen molar-refractivity contribution in [1.29, 1.82) is 0 Å². The standard InChI is InChI=1S/C27H32N4O3/c32-24-12-10-21-22(27(34)31-16-3-4-17-31)9-11-23(25(21)24)29-26(33)19-5-7-20(8-6-19)28-13-18-30-14-1-2-15-30/h5-9,11,28H,1-4,10,12-18H2,(H,29,33). The Bertz CT molecular complexity index is 1080. The Morgan fingerprint density at radius 1 is 0.853 bits per heavy atom. The van der Waals surface area contributed by atoms with Gasteiger partial charge in [0.2, 0.25) is 0 Å². The molecular weight excluding hydrogens is 428 g/mol. The maximum atomic E-state index is 13.0. The van der Waals surface area contributed by atoms with E-state index in [9.17, 15) is 14.4 Å². The third kappa shape index (κ3) is 4.71. The second-order valence-corrected chi connectivity index (χ2v) is 9.44. The number of carbonyl (C=O) groups excluding carboxylic acids is 3. The van der Waals surface area contributed by atoms with E-state index >= 15 is 0 Å². The maximum absolute atomic E-state index is 13.0. The number of rotatable bonds is 7.